The van der Waals surface area contributed by atoms with Crippen molar-refractivity contribution in [3.63, 3.8) is 0 Å². The van der Waals surface area contributed by atoms with Crippen LogP contribution in [0.3, 0.4) is 0 Å². The number of halogens is 1. The van der Waals surface area contributed by atoms with E-state index in [4.69, 9.17) is 0 Å². The summed E-state index contributed by atoms with van der Waals surface area (Å²) in [7, 11) is -3.87. The predicted octanol–water partition coefficient (Wildman–Crippen LogP) is 4.76. The van der Waals surface area contributed by atoms with Crippen LogP contribution in [0.25, 0.3) is 0 Å². The van der Waals surface area contributed by atoms with Crippen molar-refractivity contribution in [2.75, 3.05) is 23.7 Å². The van der Waals surface area contributed by atoms with E-state index in [1.54, 1.807) is 37.3 Å². The van der Waals surface area contributed by atoms with Gasteiger partial charge in [0.1, 0.15) is 18.4 Å². The van der Waals surface area contributed by atoms with Crippen molar-refractivity contribution in [3.8, 4) is 0 Å². The van der Waals surface area contributed by atoms with Crippen molar-refractivity contribution in [1.82, 2.24) is 10.2 Å². The number of anilines is 1. The van der Waals surface area contributed by atoms with Gasteiger partial charge in [0.15, 0.2) is 0 Å². The molecule has 0 aliphatic heterocycles. The maximum Gasteiger partial charge on any atom is 0.244 e. The molecule has 7 nitrogen and oxygen atoms in total. The lowest BCUT2D eigenvalue weighted by Crippen LogP contribution is -2.53. The van der Waals surface area contributed by atoms with E-state index in [9.17, 15) is 22.4 Å². The molecule has 2 amide bonds. The number of hydrogen-bond acceptors (Lipinski definition) is 4. The maximum atomic E-state index is 14.8. The first-order chi connectivity index (χ1) is 19.0. The second-order valence-corrected chi connectivity index (χ2v) is 11.9. The zero-order valence-electron chi connectivity index (χ0n) is 23.6. The van der Waals surface area contributed by atoms with Crippen LogP contribution in [0.4, 0.5) is 10.1 Å². The first-order valence-electron chi connectivity index (χ1n) is 13.4. The van der Waals surface area contributed by atoms with Crippen molar-refractivity contribution in [1.29, 1.82) is 0 Å². The number of nitrogens with one attached hydrogen (secondary N) is 1. The Bertz CT molecular complexity index is 1410. The fourth-order valence-electron chi connectivity index (χ4n) is 4.55. The molecule has 0 aliphatic rings. The first-order valence-corrected chi connectivity index (χ1v) is 15.3. The summed E-state index contributed by atoms with van der Waals surface area (Å²) < 4.78 is 41.7. The van der Waals surface area contributed by atoms with Crippen LogP contribution in [0.5, 0.6) is 0 Å². The third-order valence-corrected chi connectivity index (χ3v) is 7.83. The maximum absolute atomic E-state index is 14.8. The SMILES string of the molecule is CCCCNC(=O)[C@H](Cc1ccccc1)N(Cc1ccccc1F)C(=O)CN(c1ccc(C)cc1C)S(C)(=O)=O. The van der Waals surface area contributed by atoms with E-state index in [1.807, 2.05) is 50.2 Å². The topological polar surface area (TPSA) is 86.8 Å². The van der Waals surface area contributed by atoms with Crippen LogP contribution in [0.2, 0.25) is 0 Å². The quantitative estimate of drug-likeness (QED) is 0.302. The molecule has 0 saturated heterocycles. The lowest BCUT2D eigenvalue weighted by Gasteiger charge is -2.34. The molecular formula is C31H38FN3O4S. The van der Waals surface area contributed by atoms with Crippen LogP contribution in [-0.2, 0) is 32.6 Å². The summed E-state index contributed by atoms with van der Waals surface area (Å²) in [6, 6.07) is 19.6. The van der Waals surface area contributed by atoms with E-state index in [1.165, 1.54) is 11.0 Å². The minimum Gasteiger partial charge on any atom is -0.354 e. The van der Waals surface area contributed by atoms with Gasteiger partial charge in [0, 0.05) is 25.1 Å². The normalized spacial score (nSPS) is 12.0. The molecule has 0 unspecified atom stereocenters. The summed E-state index contributed by atoms with van der Waals surface area (Å²) in [6.07, 6.45) is 2.86. The number of sulfonamides is 1. The van der Waals surface area contributed by atoms with E-state index in [0.29, 0.717) is 17.8 Å². The monoisotopic (exact) mass is 567 g/mol. The molecule has 0 aliphatic carbocycles. The summed E-state index contributed by atoms with van der Waals surface area (Å²) in [5.74, 6) is -1.50. The smallest absolute Gasteiger partial charge is 0.244 e. The Balaban J connectivity index is 2.06. The summed E-state index contributed by atoms with van der Waals surface area (Å²) in [4.78, 5) is 28.9. The highest BCUT2D eigenvalue weighted by molar-refractivity contribution is 7.92. The van der Waals surface area contributed by atoms with Crippen molar-refractivity contribution in [3.05, 3.63) is 101 Å². The van der Waals surface area contributed by atoms with Gasteiger partial charge < -0.3 is 10.2 Å². The van der Waals surface area contributed by atoms with Gasteiger partial charge in [-0.1, -0.05) is 79.6 Å². The van der Waals surface area contributed by atoms with Gasteiger partial charge in [-0.05, 0) is 43.5 Å². The lowest BCUT2D eigenvalue weighted by atomic mass is 10.0. The highest BCUT2D eigenvalue weighted by Gasteiger charge is 2.33. The second-order valence-electron chi connectivity index (χ2n) is 10.0. The molecule has 0 fully saturated rings. The third kappa shape index (κ3) is 8.39. The lowest BCUT2D eigenvalue weighted by molar-refractivity contribution is -0.140. The number of carbonyl (C=O) groups is 2. The van der Waals surface area contributed by atoms with Gasteiger partial charge >= 0.3 is 0 Å². The summed E-state index contributed by atoms with van der Waals surface area (Å²) in [5.41, 5.74) is 3.07. The Kier molecular flexibility index (Phi) is 10.8. The summed E-state index contributed by atoms with van der Waals surface area (Å²) in [5, 5.41) is 2.91. The number of unbranched alkanes of at least 4 members (excludes halogenated alkanes) is 1. The van der Waals surface area contributed by atoms with Gasteiger partial charge in [0.25, 0.3) is 0 Å². The largest absolute Gasteiger partial charge is 0.354 e. The van der Waals surface area contributed by atoms with E-state index < -0.39 is 34.3 Å². The average Bonchev–Trinajstić information content (AvgIpc) is 2.90. The van der Waals surface area contributed by atoms with E-state index >= 15 is 0 Å². The van der Waals surface area contributed by atoms with Crippen molar-refractivity contribution >= 4 is 27.5 Å². The van der Waals surface area contributed by atoms with Crippen LogP contribution in [0.15, 0.2) is 72.8 Å². The van der Waals surface area contributed by atoms with Crippen LogP contribution < -0.4 is 9.62 Å². The second kappa shape index (κ2) is 14.1. The molecule has 0 saturated carbocycles. The van der Waals surface area contributed by atoms with Gasteiger partial charge in [-0.25, -0.2) is 12.8 Å². The molecule has 3 rings (SSSR count). The number of nitrogens with zero attached hydrogens (tertiary/aromatic N) is 2. The molecule has 9 heteroatoms. The Labute approximate surface area is 237 Å². The standard InChI is InChI=1S/C31H38FN3O4S/c1-5-6-18-33-31(37)29(20-25-12-8-7-9-13-25)34(21-26-14-10-11-15-27(26)32)30(36)22-35(40(4,38)39)28-17-16-23(2)19-24(28)3/h7-17,19,29H,5-6,18,20-22H2,1-4H3,(H,33,37)/t29-/m0/s1. The Morgan fingerprint density at radius 1 is 0.975 bits per heavy atom. The molecule has 40 heavy (non-hydrogen) atoms. The Morgan fingerprint density at radius 3 is 2.27 bits per heavy atom. The van der Waals surface area contributed by atoms with Crippen LogP contribution in [-0.4, -0.2) is 50.5 Å². The number of carbonyl (C=O) groups excluding carboxylic acids is 2. The molecule has 3 aromatic carbocycles. The summed E-state index contributed by atoms with van der Waals surface area (Å²) in [6.45, 7) is 5.38. The van der Waals surface area contributed by atoms with Crippen molar-refractivity contribution in [2.45, 2.75) is 52.6 Å². The van der Waals surface area contributed by atoms with Gasteiger partial charge in [0.05, 0.1) is 11.9 Å². The highest BCUT2D eigenvalue weighted by atomic mass is 32.2. The molecule has 0 radical (unpaired) electrons. The van der Waals surface area contributed by atoms with E-state index in [2.05, 4.69) is 5.32 Å². The number of aryl methyl sites for hydroxylation is 2. The van der Waals surface area contributed by atoms with Crippen LogP contribution >= 0.6 is 0 Å². The van der Waals surface area contributed by atoms with E-state index in [-0.39, 0.29) is 24.4 Å². The number of amides is 2. The minimum atomic E-state index is -3.87. The first kappa shape index (κ1) is 30.8. The fourth-order valence-corrected chi connectivity index (χ4v) is 5.46. The minimum absolute atomic E-state index is 0.182. The molecule has 0 spiro atoms. The van der Waals surface area contributed by atoms with Crippen molar-refractivity contribution < 1.29 is 22.4 Å². The van der Waals surface area contributed by atoms with Gasteiger partial charge in [0.2, 0.25) is 21.8 Å². The van der Waals surface area contributed by atoms with E-state index in [0.717, 1.165) is 34.5 Å². The molecule has 1 N–H and O–H groups in total. The van der Waals surface area contributed by atoms with Gasteiger partial charge in [-0.3, -0.25) is 13.9 Å². The molecule has 214 valence electrons. The molecule has 0 heterocycles. The molecular weight excluding hydrogens is 529 g/mol. The fraction of sp³-hybridized carbons (Fsp3) is 0.355. The predicted molar refractivity (Wildman–Crippen MR) is 157 cm³/mol. The van der Waals surface area contributed by atoms with Crippen LogP contribution in [0.1, 0.15) is 42.0 Å². The van der Waals surface area contributed by atoms with Crippen LogP contribution in [0, 0.1) is 19.7 Å². The van der Waals surface area contributed by atoms with Gasteiger partial charge in [-0.2, -0.15) is 0 Å². The number of hydrogen-bond donors (Lipinski definition) is 1. The zero-order chi connectivity index (χ0) is 29.3. The number of rotatable bonds is 13. The third-order valence-electron chi connectivity index (χ3n) is 6.70. The Hall–Kier alpha value is -3.72. The molecule has 0 aromatic heterocycles. The molecule has 1 atom stereocenters. The summed E-state index contributed by atoms with van der Waals surface area (Å²) >= 11 is 0. The number of benzene rings is 3. The Morgan fingerprint density at radius 2 is 1.65 bits per heavy atom. The highest BCUT2D eigenvalue weighted by Crippen LogP contribution is 2.25. The zero-order valence-corrected chi connectivity index (χ0v) is 24.4. The van der Waals surface area contributed by atoms with Gasteiger partial charge in [-0.15, -0.1) is 0 Å². The van der Waals surface area contributed by atoms with Crippen molar-refractivity contribution in [2.24, 2.45) is 0 Å². The average molecular weight is 568 g/mol. The molecule has 0 bridgehead atoms. The molecule has 3 aromatic rings.